The molecule has 0 spiro atoms. The maximum Gasteiger partial charge on any atom is 0.234 e. The third-order valence-corrected chi connectivity index (χ3v) is 7.18. The third-order valence-electron chi connectivity index (χ3n) is 5.18. The number of para-hydroxylation sites is 1. The van der Waals surface area contributed by atoms with Crippen molar-refractivity contribution in [2.24, 2.45) is 0 Å². The zero-order valence-corrected chi connectivity index (χ0v) is 18.3. The van der Waals surface area contributed by atoms with Gasteiger partial charge in [-0.05, 0) is 37.1 Å². The van der Waals surface area contributed by atoms with Gasteiger partial charge in [-0.2, -0.15) is 0 Å². The molecule has 1 atom stereocenters. The van der Waals surface area contributed by atoms with Crippen LogP contribution in [0.2, 0.25) is 0 Å². The van der Waals surface area contributed by atoms with Gasteiger partial charge in [-0.3, -0.25) is 9.69 Å². The van der Waals surface area contributed by atoms with Gasteiger partial charge in [0.05, 0.1) is 35.0 Å². The summed E-state index contributed by atoms with van der Waals surface area (Å²) >= 11 is 2.92. The van der Waals surface area contributed by atoms with Crippen LogP contribution in [0.3, 0.4) is 0 Å². The number of fused-ring (bicyclic) bond motifs is 1. The van der Waals surface area contributed by atoms with E-state index in [2.05, 4.69) is 9.97 Å². The average Bonchev–Trinajstić information content (AvgIpc) is 3.52. The van der Waals surface area contributed by atoms with Gasteiger partial charge in [0.2, 0.25) is 5.91 Å². The van der Waals surface area contributed by atoms with Crippen LogP contribution in [0.4, 0.5) is 9.52 Å². The number of halogens is 1. The van der Waals surface area contributed by atoms with Crippen molar-refractivity contribution < 1.29 is 13.9 Å². The Morgan fingerprint density at radius 3 is 2.90 bits per heavy atom. The molecule has 2 aromatic carbocycles. The van der Waals surface area contributed by atoms with Crippen molar-refractivity contribution in [2.45, 2.75) is 25.4 Å². The Labute approximate surface area is 187 Å². The van der Waals surface area contributed by atoms with Gasteiger partial charge in [-0.1, -0.05) is 35.6 Å². The summed E-state index contributed by atoms with van der Waals surface area (Å²) < 4.78 is 20.4. The molecule has 31 heavy (non-hydrogen) atoms. The van der Waals surface area contributed by atoms with Gasteiger partial charge in [-0.25, -0.2) is 14.4 Å². The lowest BCUT2D eigenvalue weighted by Gasteiger charge is -2.22. The minimum Gasteiger partial charge on any atom is -0.376 e. The Morgan fingerprint density at radius 1 is 1.19 bits per heavy atom. The third kappa shape index (κ3) is 4.51. The van der Waals surface area contributed by atoms with Crippen LogP contribution in [-0.4, -0.2) is 35.1 Å². The summed E-state index contributed by atoms with van der Waals surface area (Å²) in [5.74, 6) is -0.366. The van der Waals surface area contributed by atoms with E-state index in [1.165, 1.54) is 34.8 Å². The van der Waals surface area contributed by atoms with Gasteiger partial charge in [-0.15, -0.1) is 11.3 Å². The molecule has 0 saturated carbocycles. The number of benzene rings is 2. The highest BCUT2D eigenvalue weighted by atomic mass is 32.1. The Morgan fingerprint density at radius 2 is 2.10 bits per heavy atom. The number of ether oxygens (including phenoxy) is 1. The van der Waals surface area contributed by atoms with E-state index in [1.54, 1.807) is 11.0 Å². The summed E-state index contributed by atoms with van der Waals surface area (Å²) in [5, 5.41) is 3.25. The van der Waals surface area contributed by atoms with Crippen molar-refractivity contribution in [3.8, 4) is 10.6 Å². The van der Waals surface area contributed by atoms with Crippen molar-refractivity contribution in [1.82, 2.24) is 9.97 Å². The number of carbonyl (C=O) groups excluding carboxylic acids is 1. The molecule has 158 valence electrons. The summed E-state index contributed by atoms with van der Waals surface area (Å²) in [5.41, 5.74) is 2.27. The first-order valence-electron chi connectivity index (χ1n) is 10.1. The fourth-order valence-corrected chi connectivity index (χ4v) is 5.46. The van der Waals surface area contributed by atoms with E-state index in [1.807, 2.05) is 35.7 Å². The molecule has 0 N–H and O–H groups in total. The second-order valence-corrected chi connectivity index (χ2v) is 9.30. The summed E-state index contributed by atoms with van der Waals surface area (Å²) in [7, 11) is 0. The van der Waals surface area contributed by atoms with Crippen molar-refractivity contribution in [3.05, 3.63) is 65.4 Å². The molecule has 1 unspecified atom stereocenters. The molecule has 8 heteroatoms. The SMILES string of the molecule is O=C(Cc1csc(-c2cccc(F)c2)n1)N(CC1CCCO1)c1nc2ccccc2s1. The van der Waals surface area contributed by atoms with Crippen LogP contribution >= 0.6 is 22.7 Å². The number of nitrogens with zero attached hydrogens (tertiary/aromatic N) is 3. The molecule has 4 aromatic rings. The number of hydrogen-bond donors (Lipinski definition) is 0. The number of hydrogen-bond acceptors (Lipinski definition) is 6. The molecular weight excluding hydrogens is 433 g/mol. The summed E-state index contributed by atoms with van der Waals surface area (Å²) in [6.07, 6.45) is 2.13. The Hall–Kier alpha value is -2.68. The van der Waals surface area contributed by atoms with E-state index < -0.39 is 0 Å². The molecule has 1 aliphatic heterocycles. The van der Waals surface area contributed by atoms with E-state index in [0.717, 1.165) is 29.7 Å². The largest absolute Gasteiger partial charge is 0.376 e. The lowest BCUT2D eigenvalue weighted by molar-refractivity contribution is -0.118. The molecule has 1 fully saturated rings. The van der Waals surface area contributed by atoms with Crippen molar-refractivity contribution in [3.63, 3.8) is 0 Å². The quantitative estimate of drug-likeness (QED) is 0.397. The van der Waals surface area contributed by atoms with E-state index in [-0.39, 0.29) is 24.2 Å². The smallest absolute Gasteiger partial charge is 0.234 e. The highest BCUT2D eigenvalue weighted by Crippen LogP contribution is 2.31. The minimum atomic E-state index is -0.302. The molecule has 1 amide bonds. The van der Waals surface area contributed by atoms with Crippen molar-refractivity contribution in [2.75, 3.05) is 18.1 Å². The van der Waals surface area contributed by atoms with Crippen LogP contribution in [0.15, 0.2) is 53.9 Å². The second-order valence-electron chi connectivity index (χ2n) is 7.43. The topological polar surface area (TPSA) is 55.3 Å². The maximum atomic E-state index is 13.5. The molecule has 0 radical (unpaired) electrons. The number of aromatic nitrogens is 2. The highest BCUT2D eigenvalue weighted by molar-refractivity contribution is 7.22. The molecule has 0 aliphatic carbocycles. The predicted molar refractivity (Wildman–Crippen MR) is 122 cm³/mol. The van der Waals surface area contributed by atoms with Crippen LogP contribution < -0.4 is 4.90 Å². The van der Waals surface area contributed by atoms with Gasteiger partial charge in [0, 0.05) is 17.6 Å². The van der Waals surface area contributed by atoms with Gasteiger partial charge >= 0.3 is 0 Å². The van der Waals surface area contributed by atoms with Crippen LogP contribution in [0.1, 0.15) is 18.5 Å². The van der Waals surface area contributed by atoms with Crippen molar-refractivity contribution >= 4 is 43.9 Å². The maximum absolute atomic E-state index is 13.5. The van der Waals surface area contributed by atoms with E-state index in [4.69, 9.17) is 4.74 Å². The number of thiazole rings is 2. The van der Waals surface area contributed by atoms with Crippen LogP contribution in [0.5, 0.6) is 0 Å². The summed E-state index contributed by atoms with van der Waals surface area (Å²) in [4.78, 5) is 24.3. The lowest BCUT2D eigenvalue weighted by atomic mass is 10.2. The molecule has 0 bridgehead atoms. The summed E-state index contributed by atoms with van der Waals surface area (Å²) in [6, 6.07) is 14.2. The van der Waals surface area contributed by atoms with Crippen LogP contribution in [-0.2, 0) is 16.0 Å². The van der Waals surface area contributed by atoms with Crippen LogP contribution in [0.25, 0.3) is 20.8 Å². The molecule has 5 nitrogen and oxygen atoms in total. The first-order valence-corrected chi connectivity index (χ1v) is 11.8. The molecular formula is C23H20FN3O2S2. The van der Waals surface area contributed by atoms with E-state index in [0.29, 0.717) is 27.9 Å². The molecule has 5 rings (SSSR count). The number of anilines is 1. The monoisotopic (exact) mass is 453 g/mol. The van der Waals surface area contributed by atoms with E-state index in [9.17, 15) is 9.18 Å². The Balaban J connectivity index is 1.39. The molecule has 1 saturated heterocycles. The van der Waals surface area contributed by atoms with Gasteiger partial charge < -0.3 is 4.74 Å². The average molecular weight is 454 g/mol. The molecule has 2 aromatic heterocycles. The molecule has 1 aliphatic rings. The van der Waals surface area contributed by atoms with Gasteiger partial charge in [0.25, 0.3) is 0 Å². The first-order chi connectivity index (χ1) is 15.2. The van der Waals surface area contributed by atoms with E-state index >= 15 is 0 Å². The normalized spacial score (nSPS) is 16.1. The second kappa shape index (κ2) is 8.82. The fraction of sp³-hybridized carbons (Fsp3) is 0.261. The molecule has 3 heterocycles. The number of carbonyl (C=O) groups is 1. The predicted octanol–water partition coefficient (Wildman–Crippen LogP) is 5.31. The minimum absolute atomic E-state index is 0.0225. The Bertz CT molecular complexity index is 1180. The number of rotatable bonds is 6. The Kier molecular flexibility index (Phi) is 5.76. The van der Waals surface area contributed by atoms with Crippen molar-refractivity contribution in [1.29, 1.82) is 0 Å². The fourth-order valence-electron chi connectivity index (χ4n) is 3.65. The summed E-state index contributed by atoms with van der Waals surface area (Å²) in [6.45, 7) is 1.22. The first kappa shape index (κ1) is 20.2. The highest BCUT2D eigenvalue weighted by Gasteiger charge is 2.26. The van der Waals surface area contributed by atoms with Gasteiger partial charge in [0.1, 0.15) is 10.8 Å². The lowest BCUT2D eigenvalue weighted by Crippen LogP contribution is -2.38. The zero-order valence-electron chi connectivity index (χ0n) is 16.7. The zero-order chi connectivity index (χ0) is 21.2. The standard InChI is InChI=1S/C23H20FN3O2S2/c24-16-6-3-5-15(11-16)22-25-17(14-30-22)12-21(28)27(13-18-7-4-10-29-18)23-26-19-8-1-2-9-20(19)31-23/h1-3,5-6,8-9,11,14,18H,4,7,10,12-13H2. The van der Waals surface area contributed by atoms with Gasteiger partial charge in [0.15, 0.2) is 5.13 Å². The van der Waals surface area contributed by atoms with Crippen LogP contribution in [0, 0.1) is 5.82 Å². The number of amides is 1.